The van der Waals surface area contributed by atoms with Gasteiger partial charge in [0.1, 0.15) is 0 Å². The van der Waals surface area contributed by atoms with Crippen LogP contribution in [0.15, 0.2) is 64.5 Å². The normalized spacial score (nSPS) is 17.4. The molecule has 2 aromatic rings. The lowest BCUT2D eigenvalue weighted by Crippen LogP contribution is -2.19. The van der Waals surface area contributed by atoms with Crippen molar-refractivity contribution in [1.29, 1.82) is 5.26 Å². The van der Waals surface area contributed by atoms with Gasteiger partial charge in [-0.25, -0.2) is 0 Å². The zero-order valence-corrected chi connectivity index (χ0v) is 13.5. The van der Waals surface area contributed by atoms with Gasteiger partial charge in [0.15, 0.2) is 5.17 Å². The third kappa shape index (κ3) is 4.00. The highest BCUT2D eigenvalue weighted by molar-refractivity contribution is 8.18. The highest BCUT2D eigenvalue weighted by atomic mass is 32.2. The number of thioether (sulfide) groups is 1. The lowest BCUT2D eigenvalue weighted by Gasteiger charge is -1.98. The molecule has 4 nitrogen and oxygen atoms in total. The standard InChI is InChI=1S/C19H13N3OS/c20-13-21-19-22-18(23)17(24-19)12-16-8-4-7-15(11-16)10-9-14-5-2-1-3-6-14/h1-12H,(H,21,22,23)/b10-9+,17-12?. The third-order valence-electron chi connectivity index (χ3n) is 3.28. The molecule has 0 bridgehead atoms. The molecule has 0 saturated carbocycles. The van der Waals surface area contributed by atoms with Crippen molar-refractivity contribution in [1.82, 2.24) is 5.32 Å². The second kappa shape index (κ2) is 7.44. The van der Waals surface area contributed by atoms with Crippen molar-refractivity contribution < 1.29 is 4.79 Å². The van der Waals surface area contributed by atoms with E-state index in [4.69, 9.17) is 5.26 Å². The van der Waals surface area contributed by atoms with E-state index in [2.05, 4.69) is 10.3 Å². The smallest absolute Gasteiger partial charge is 0.264 e. The number of benzene rings is 2. The van der Waals surface area contributed by atoms with E-state index in [1.54, 1.807) is 12.3 Å². The molecular formula is C19H13N3OS. The average Bonchev–Trinajstić information content (AvgIpc) is 2.94. The summed E-state index contributed by atoms with van der Waals surface area (Å²) in [6.45, 7) is 0. The number of hydrogen-bond donors (Lipinski definition) is 1. The first-order chi connectivity index (χ1) is 11.7. The molecule has 0 unspecified atom stereocenters. The molecule has 1 amide bonds. The number of amidine groups is 1. The molecule has 0 aliphatic carbocycles. The lowest BCUT2D eigenvalue weighted by molar-refractivity contribution is -0.115. The van der Waals surface area contributed by atoms with Crippen LogP contribution in [0.4, 0.5) is 0 Å². The summed E-state index contributed by atoms with van der Waals surface area (Å²) in [5.41, 5.74) is 3.09. The highest BCUT2D eigenvalue weighted by Gasteiger charge is 2.23. The summed E-state index contributed by atoms with van der Waals surface area (Å²) >= 11 is 1.16. The number of nitrogens with one attached hydrogen (secondary N) is 1. The maximum Gasteiger partial charge on any atom is 0.264 e. The number of amides is 1. The van der Waals surface area contributed by atoms with Gasteiger partial charge in [-0.2, -0.15) is 5.26 Å². The first kappa shape index (κ1) is 15.8. The number of carbonyl (C=O) groups is 1. The first-order valence-corrected chi connectivity index (χ1v) is 8.07. The van der Waals surface area contributed by atoms with E-state index in [1.165, 1.54) is 0 Å². The second-order valence-electron chi connectivity index (χ2n) is 5.00. The molecule has 1 aliphatic rings. The summed E-state index contributed by atoms with van der Waals surface area (Å²) in [5, 5.41) is 11.4. The molecule has 1 fully saturated rings. The number of rotatable bonds is 3. The van der Waals surface area contributed by atoms with Crippen LogP contribution < -0.4 is 5.32 Å². The van der Waals surface area contributed by atoms with E-state index in [1.807, 2.05) is 66.7 Å². The summed E-state index contributed by atoms with van der Waals surface area (Å²) in [4.78, 5) is 15.9. The van der Waals surface area contributed by atoms with Gasteiger partial charge in [-0.15, -0.1) is 4.99 Å². The SMILES string of the molecule is N#CN=C1NC(=O)C(=Cc2cccc(/C=C/c3ccccc3)c2)S1. The fourth-order valence-corrected chi connectivity index (χ4v) is 2.96. The van der Waals surface area contributed by atoms with Crippen molar-refractivity contribution in [2.45, 2.75) is 0 Å². The van der Waals surface area contributed by atoms with Crippen molar-refractivity contribution in [2.24, 2.45) is 4.99 Å². The predicted molar refractivity (Wildman–Crippen MR) is 98.6 cm³/mol. The van der Waals surface area contributed by atoms with Crippen LogP contribution in [0.25, 0.3) is 18.2 Å². The molecule has 0 atom stereocenters. The van der Waals surface area contributed by atoms with Crippen molar-refractivity contribution in [3.8, 4) is 6.19 Å². The van der Waals surface area contributed by atoms with E-state index in [9.17, 15) is 4.79 Å². The largest absolute Gasteiger partial charge is 0.300 e. The van der Waals surface area contributed by atoms with Gasteiger partial charge in [0, 0.05) is 0 Å². The van der Waals surface area contributed by atoms with Gasteiger partial charge in [0.05, 0.1) is 4.91 Å². The Morgan fingerprint density at radius 1 is 1.00 bits per heavy atom. The Labute approximate surface area is 144 Å². The number of nitriles is 1. The number of aliphatic imine (C=N–C) groups is 1. The van der Waals surface area contributed by atoms with Gasteiger partial charge >= 0.3 is 0 Å². The number of carbonyl (C=O) groups excluding carboxylic acids is 1. The number of nitrogens with zero attached hydrogens (tertiary/aromatic N) is 2. The van der Waals surface area contributed by atoms with Crippen LogP contribution in [0.1, 0.15) is 16.7 Å². The summed E-state index contributed by atoms with van der Waals surface area (Å²) in [6.07, 6.45) is 7.54. The lowest BCUT2D eigenvalue weighted by atomic mass is 10.1. The molecule has 1 aliphatic heterocycles. The minimum Gasteiger partial charge on any atom is -0.300 e. The van der Waals surface area contributed by atoms with E-state index >= 15 is 0 Å². The predicted octanol–water partition coefficient (Wildman–Crippen LogP) is 3.90. The van der Waals surface area contributed by atoms with Gasteiger partial charge < -0.3 is 0 Å². The van der Waals surface area contributed by atoms with Gasteiger partial charge in [-0.05, 0) is 40.6 Å². The van der Waals surface area contributed by atoms with Crippen molar-refractivity contribution in [2.75, 3.05) is 0 Å². The minimum absolute atomic E-state index is 0.237. The van der Waals surface area contributed by atoms with Crippen LogP contribution >= 0.6 is 11.8 Å². The van der Waals surface area contributed by atoms with Crippen LogP contribution in [0.3, 0.4) is 0 Å². The van der Waals surface area contributed by atoms with E-state index < -0.39 is 0 Å². The van der Waals surface area contributed by atoms with Crippen LogP contribution in [-0.2, 0) is 4.79 Å². The summed E-state index contributed by atoms with van der Waals surface area (Å²) < 4.78 is 0. The van der Waals surface area contributed by atoms with Gasteiger partial charge in [0.25, 0.3) is 5.91 Å². The molecule has 1 N–H and O–H groups in total. The quantitative estimate of drug-likeness (QED) is 0.527. The summed E-state index contributed by atoms with van der Waals surface area (Å²) in [7, 11) is 0. The van der Waals surface area contributed by atoms with E-state index in [-0.39, 0.29) is 5.91 Å². The monoisotopic (exact) mass is 331 g/mol. The van der Waals surface area contributed by atoms with E-state index in [0.29, 0.717) is 10.1 Å². The Kier molecular flexibility index (Phi) is 4.90. The van der Waals surface area contributed by atoms with Crippen molar-refractivity contribution in [3.63, 3.8) is 0 Å². The van der Waals surface area contributed by atoms with E-state index in [0.717, 1.165) is 28.5 Å². The zero-order valence-electron chi connectivity index (χ0n) is 12.6. The second-order valence-corrected chi connectivity index (χ2v) is 6.03. The molecule has 2 aromatic carbocycles. The molecule has 1 heterocycles. The van der Waals surface area contributed by atoms with Crippen LogP contribution in [-0.4, -0.2) is 11.1 Å². The van der Waals surface area contributed by atoms with Crippen molar-refractivity contribution in [3.05, 3.63) is 76.2 Å². The highest BCUT2D eigenvalue weighted by Crippen LogP contribution is 2.26. The molecule has 0 radical (unpaired) electrons. The Hall–Kier alpha value is -3.10. The maximum atomic E-state index is 11.9. The number of hydrogen-bond acceptors (Lipinski definition) is 4. The molecule has 0 aromatic heterocycles. The molecular weight excluding hydrogens is 318 g/mol. The van der Waals surface area contributed by atoms with Gasteiger partial charge in [-0.1, -0.05) is 60.7 Å². The average molecular weight is 331 g/mol. The van der Waals surface area contributed by atoms with Crippen LogP contribution in [0, 0.1) is 11.5 Å². The van der Waals surface area contributed by atoms with Crippen molar-refractivity contribution >= 4 is 41.1 Å². The Bertz CT molecular complexity index is 892. The fraction of sp³-hybridized carbons (Fsp3) is 0. The Morgan fingerprint density at radius 3 is 2.50 bits per heavy atom. The molecule has 116 valence electrons. The summed E-state index contributed by atoms with van der Waals surface area (Å²) in [6, 6.07) is 17.9. The topological polar surface area (TPSA) is 65.2 Å². The zero-order chi connectivity index (χ0) is 16.8. The summed E-state index contributed by atoms with van der Waals surface area (Å²) in [5.74, 6) is -0.237. The third-order valence-corrected chi connectivity index (χ3v) is 4.19. The maximum absolute atomic E-state index is 11.9. The van der Waals surface area contributed by atoms with Crippen LogP contribution in [0.5, 0.6) is 0 Å². The first-order valence-electron chi connectivity index (χ1n) is 7.25. The molecule has 0 spiro atoms. The minimum atomic E-state index is -0.237. The molecule has 3 rings (SSSR count). The van der Waals surface area contributed by atoms with Gasteiger partial charge in [0.2, 0.25) is 6.19 Å². The van der Waals surface area contributed by atoms with Crippen LogP contribution in [0.2, 0.25) is 0 Å². The molecule has 24 heavy (non-hydrogen) atoms. The fourth-order valence-electron chi connectivity index (χ4n) is 2.19. The Balaban J connectivity index is 1.80. The Morgan fingerprint density at radius 2 is 1.71 bits per heavy atom. The molecule has 5 heteroatoms. The van der Waals surface area contributed by atoms with Gasteiger partial charge in [-0.3, -0.25) is 10.1 Å². The molecule has 1 saturated heterocycles.